The van der Waals surface area contributed by atoms with Gasteiger partial charge in [0.15, 0.2) is 9.84 Å². The molecule has 1 atom stereocenters. The topological polar surface area (TPSA) is 93.1 Å². The molecule has 0 radical (unpaired) electrons. The van der Waals surface area contributed by atoms with Crippen LogP contribution < -0.4 is 10.6 Å². The number of benzene rings is 1. The van der Waals surface area contributed by atoms with Gasteiger partial charge >= 0.3 is 6.03 Å². The lowest BCUT2D eigenvalue weighted by Gasteiger charge is -2.11. The molecule has 1 fully saturated rings. The van der Waals surface area contributed by atoms with Crippen molar-refractivity contribution in [3.8, 4) is 5.69 Å². The first kappa shape index (κ1) is 16.5. The molecule has 0 spiro atoms. The maximum Gasteiger partial charge on any atom is 0.315 e. The van der Waals surface area contributed by atoms with E-state index in [1.54, 1.807) is 10.9 Å². The molecule has 2 amide bonds. The van der Waals surface area contributed by atoms with Crippen molar-refractivity contribution in [2.75, 3.05) is 18.1 Å². The Morgan fingerprint density at radius 2 is 2.08 bits per heavy atom. The highest BCUT2D eigenvalue weighted by Gasteiger charge is 2.28. The van der Waals surface area contributed by atoms with Gasteiger partial charge in [-0.15, -0.1) is 0 Å². The fraction of sp³-hybridized carbons (Fsp3) is 0.375. The maximum atomic E-state index is 11.8. The summed E-state index contributed by atoms with van der Waals surface area (Å²) in [7, 11) is -2.98. The molecular formula is C16H20N4O3S. The molecule has 8 heteroatoms. The van der Waals surface area contributed by atoms with E-state index in [0.29, 0.717) is 19.4 Å². The van der Waals surface area contributed by atoms with Crippen LogP contribution in [0.15, 0.2) is 42.7 Å². The Bertz CT molecular complexity index is 802. The number of nitrogens with one attached hydrogen (secondary N) is 2. The molecule has 1 aromatic carbocycles. The van der Waals surface area contributed by atoms with E-state index in [1.807, 2.05) is 36.5 Å². The van der Waals surface area contributed by atoms with Gasteiger partial charge < -0.3 is 10.6 Å². The molecule has 1 aliphatic rings. The Kier molecular flexibility index (Phi) is 4.84. The van der Waals surface area contributed by atoms with E-state index in [1.165, 1.54) is 0 Å². The summed E-state index contributed by atoms with van der Waals surface area (Å²) in [6, 6.07) is 9.18. The van der Waals surface area contributed by atoms with Gasteiger partial charge in [-0.25, -0.2) is 17.9 Å². The number of carbonyl (C=O) groups excluding carboxylic acids is 1. The minimum Gasteiger partial charge on any atom is -0.338 e. The number of rotatable bonds is 5. The number of nitrogens with zero attached hydrogens (tertiary/aromatic N) is 2. The molecule has 0 unspecified atom stereocenters. The third-order valence-electron chi connectivity index (χ3n) is 3.92. The zero-order valence-electron chi connectivity index (χ0n) is 13.2. The summed E-state index contributed by atoms with van der Waals surface area (Å²) in [5.74, 6) is 0.181. The monoisotopic (exact) mass is 348 g/mol. The molecule has 7 nitrogen and oxygen atoms in total. The van der Waals surface area contributed by atoms with Gasteiger partial charge in [-0.2, -0.15) is 5.10 Å². The standard InChI is InChI=1S/C16H20N4O3S/c21-16(19-14-7-9-24(22,23)12-14)17-8-6-13-10-18-20(11-13)15-4-2-1-3-5-15/h1-5,10-11,14H,6-9,12H2,(H2,17,19,21)/t14-/m0/s1. The molecule has 1 saturated heterocycles. The van der Waals surface area contributed by atoms with Crippen LogP contribution in [0, 0.1) is 0 Å². The summed E-state index contributed by atoms with van der Waals surface area (Å²) in [5.41, 5.74) is 2.00. The van der Waals surface area contributed by atoms with Crippen molar-refractivity contribution in [2.45, 2.75) is 18.9 Å². The average molecular weight is 348 g/mol. The minimum absolute atomic E-state index is 0.0320. The number of sulfone groups is 1. The Balaban J connectivity index is 1.44. The van der Waals surface area contributed by atoms with E-state index in [0.717, 1.165) is 11.3 Å². The fourth-order valence-corrected chi connectivity index (χ4v) is 4.35. The summed E-state index contributed by atoms with van der Waals surface area (Å²) in [5, 5.41) is 9.76. The summed E-state index contributed by atoms with van der Waals surface area (Å²) in [4.78, 5) is 11.8. The largest absolute Gasteiger partial charge is 0.338 e. The minimum atomic E-state index is -2.98. The summed E-state index contributed by atoms with van der Waals surface area (Å²) in [6.45, 7) is 0.464. The van der Waals surface area contributed by atoms with Crippen LogP contribution in [0.3, 0.4) is 0 Å². The van der Waals surface area contributed by atoms with Crippen molar-refractivity contribution in [2.24, 2.45) is 0 Å². The van der Waals surface area contributed by atoms with E-state index < -0.39 is 9.84 Å². The second kappa shape index (κ2) is 7.04. The number of para-hydroxylation sites is 1. The molecular weight excluding hydrogens is 328 g/mol. The summed E-state index contributed by atoms with van der Waals surface area (Å²) < 4.78 is 24.5. The van der Waals surface area contributed by atoms with Gasteiger partial charge in [0, 0.05) is 18.8 Å². The van der Waals surface area contributed by atoms with Crippen LogP contribution in [-0.2, 0) is 16.3 Å². The van der Waals surface area contributed by atoms with Crippen molar-refractivity contribution in [1.82, 2.24) is 20.4 Å². The van der Waals surface area contributed by atoms with Crippen molar-refractivity contribution in [3.63, 3.8) is 0 Å². The maximum absolute atomic E-state index is 11.8. The molecule has 128 valence electrons. The highest BCUT2D eigenvalue weighted by atomic mass is 32.2. The van der Waals surface area contributed by atoms with Crippen LogP contribution in [0.4, 0.5) is 4.79 Å². The molecule has 1 aromatic heterocycles. The summed E-state index contributed by atoms with van der Waals surface area (Å²) in [6.07, 6.45) is 4.84. The van der Waals surface area contributed by atoms with Gasteiger partial charge in [0.05, 0.1) is 23.4 Å². The Hall–Kier alpha value is -2.35. The first-order valence-corrected chi connectivity index (χ1v) is 9.68. The third kappa shape index (κ3) is 4.35. The van der Waals surface area contributed by atoms with E-state index >= 15 is 0 Å². The molecule has 0 aliphatic carbocycles. The van der Waals surface area contributed by atoms with Crippen LogP contribution in [0.5, 0.6) is 0 Å². The van der Waals surface area contributed by atoms with Gasteiger partial charge in [0.25, 0.3) is 0 Å². The van der Waals surface area contributed by atoms with Gasteiger partial charge in [-0.3, -0.25) is 0 Å². The SMILES string of the molecule is O=C(NCCc1cnn(-c2ccccc2)c1)N[C@H]1CCS(=O)(=O)C1. The number of carbonyl (C=O) groups is 1. The average Bonchev–Trinajstić information content (AvgIpc) is 3.15. The predicted molar refractivity (Wildman–Crippen MR) is 90.9 cm³/mol. The predicted octanol–water partition coefficient (Wildman–Crippen LogP) is 0.901. The Labute approximate surface area is 141 Å². The normalized spacial score (nSPS) is 19.1. The van der Waals surface area contributed by atoms with E-state index in [4.69, 9.17) is 0 Å². The van der Waals surface area contributed by atoms with Crippen LogP contribution in [0.2, 0.25) is 0 Å². The van der Waals surface area contributed by atoms with Crippen LogP contribution in [-0.4, -0.2) is 48.3 Å². The lowest BCUT2D eigenvalue weighted by Crippen LogP contribution is -2.43. The van der Waals surface area contributed by atoms with Gasteiger partial charge in [-0.05, 0) is 30.5 Å². The quantitative estimate of drug-likeness (QED) is 0.840. The lowest BCUT2D eigenvalue weighted by atomic mass is 10.2. The Morgan fingerprint density at radius 1 is 1.29 bits per heavy atom. The van der Waals surface area contributed by atoms with Gasteiger partial charge in [-0.1, -0.05) is 18.2 Å². The molecule has 0 saturated carbocycles. The molecule has 3 rings (SSSR count). The van der Waals surface area contributed by atoms with E-state index in [-0.39, 0.29) is 23.6 Å². The number of aromatic nitrogens is 2. The molecule has 1 aliphatic heterocycles. The molecule has 24 heavy (non-hydrogen) atoms. The van der Waals surface area contributed by atoms with Crippen molar-refractivity contribution in [1.29, 1.82) is 0 Å². The second-order valence-corrected chi connectivity index (χ2v) is 8.11. The number of amides is 2. The van der Waals surface area contributed by atoms with E-state index in [9.17, 15) is 13.2 Å². The first-order valence-electron chi connectivity index (χ1n) is 7.86. The molecule has 2 aromatic rings. The van der Waals surface area contributed by atoms with Crippen molar-refractivity contribution in [3.05, 3.63) is 48.3 Å². The second-order valence-electron chi connectivity index (χ2n) is 5.88. The van der Waals surface area contributed by atoms with Crippen molar-refractivity contribution >= 4 is 15.9 Å². The fourth-order valence-electron chi connectivity index (χ4n) is 2.68. The van der Waals surface area contributed by atoms with E-state index in [2.05, 4.69) is 15.7 Å². The zero-order valence-corrected chi connectivity index (χ0v) is 14.0. The molecule has 2 heterocycles. The number of hydrogen-bond donors (Lipinski definition) is 2. The Morgan fingerprint density at radius 3 is 2.79 bits per heavy atom. The smallest absolute Gasteiger partial charge is 0.315 e. The van der Waals surface area contributed by atoms with Gasteiger partial charge in [0.1, 0.15) is 0 Å². The highest BCUT2D eigenvalue weighted by molar-refractivity contribution is 7.91. The lowest BCUT2D eigenvalue weighted by molar-refractivity contribution is 0.238. The molecule has 2 N–H and O–H groups in total. The number of hydrogen-bond acceptors (Lipinski definition) is 4. The first-order chi connectivity index (χ1) is 11.5. The van der Waals surface area contributed by atoms with Crippen molar-refractivity contribution < 1.29 is 13.2 Å². The number of urea groups is 1. The van der Waals surface area contributed by atoms with Crippen LogP contribution in [0.25, 0.3) is 5.69 Å². The highest BCUT2D eigenvalue weighted by Crippen LogP contribution is 2.11. The molecule has 0 bridgehead atoms. The summed E-state index contributed by atoms with van der Waals surface area (Å²) >= 11 is 0. The van der Waals surface area contributed by atoms with Crippen LogP contribution in [0.1, 0.15) is 12.0 Å². The zero-order chi connectivity index (χ0) is 17.0. The third-order valence-corrected chi connectivity index (χ3v) is 5.69. The van der Waals surface area contributed by atoms with Gasteiger partial charge in [0.2, 0.25) is 0 Å². The van der Waals surface area contributed by atoms with Crippen LogP contribution >= 0.6 is 0 Å².